The van der Waals surface area contributed by atoms with E-state index in [4.69, 9.17) is 22.1 Å². The molecule has 2 N–H and O–H groups in total. The number of nitrogens with two attached hydrogens (primary N) is 1. The lowest BCUT2D eigenvalue weighted by Gasteiger charge is -2.34. The Morgan fingerprint density at radius 2 is 2.06 bits per heavy atom. The first-order chi connectivity index (χ1) is 7.45. The van der Waals surface area contributed by atoms with Crippen LogP contribution < -0.4 is 10.5 Å². The van der Waals surface area contributed by atoms with E-state index in [1.54, 1.807) is 7.11 Å². The smallest absolute Gasteiger partial charge is 0.122 e. The molecule has 1 aromatic rings. The van der Waals surface area contributed by atoms with Gasteiger partial charge in [-0.2, -0.15) is 0 Å². The molecule has 2 nitrogen and oxygen atoms in total. The topological polar surface area (TPSA) is 35.2 Å². The van der Waals surface area contributed by atoms with E-state index in [1.807, 2.05) is 18.2 Å². The molecule has 1 rings (SSSR count). The highest BCUT2D eigenvalue weighted by Gasteiger charge is 2.31. The molecular weight excluding hydrogens is 222 g/mol. The Kier molecular flexibility index (Phi) is 4.22. The maximum Gasteiger partial charge on any atom is 0.122 e. The van der Waals surface area contributed by atoms with Crippen LogP contribution in [0.2, 0.25) is 5.02 Å². The van der Waals surface area contributed by atoms with E-state index in [-0.39, 0.29) is 5.41 Å². The fraction of sp³-hybridized carbons (Fsp3) is 0.538. The molecule has 1 aromatic carbocycles. The summed E-state index contributed by atoms with van der Waals surface area (Å²) in [6.45, 7) is 7.04. The standard InChI is InChI=1S/C13H20ClNO/c1-9(2)13(3,8-15)11-7-10(14)5-6-12(11)16-4/h5-7,9H,8,15H2,1-4H3. The Hall–Kier alpha value is -0.730. The van der Waals surface area contributed by atoms with Crippen LogP contribution in [-0.2, 0) is 5.41 Å². The summed E-state index contributed by atoms with van der Waals surface area (Å²) >= 11 is 6.05. The molecule has 0 saturated carbocycles. The van der Waals surface area contributed by atoms with E-state index < -0.39 is 0 Å². The van der Waals surface area contributed by atoms with Crippen molar-refractivity contribution < 1.29 is 4.74 Å². The third-order valence-corrected chi connectivity index (χ3v) is 3.71. The number of hydrogen-bond acceptors (Lipinski definition) is 2. The zero-order valence-electron chi connectivity index (χ0n) is 10.4. The van der Waals surface area contributed by atoms with Gasteiger partial charge < -0.3 is 10.5 Å². The molecule has 0 spiro atoms. The first-order valence-corrected chi connectivity index (χ1v) is 5.87. The molecule has 1 atom stereocenters. The Bertz CT molecular complexity index is 365. The Labute approximate surface area is 103 Å². The number of methoxy groups -OCH3 is 1. The van der Waals surface area contributed by atoms with Crippen molar-refractivity contribution in [3.8, 4) is 5.75 Å². The SMILES string of the molecule is COc1ccc(Cl)cc1C(C)(CN)C(C)C. The van der Waals surface area contributed by atoms with E-state index in [2.05, 4.69) is 20.8 Å². The van der Waals surface area contributed by atoms with E-state index in [1.165, 1.54) is 0 Å². The van der Waals surface area contributed by atoms with Gasteiger partial charge in [0.05, 0.1) is 7.11 Å². The molecule has 0 heterocycles. The quantitative estimate of drug-likeness (QED) is 0.879. The lowest BCUT2D eigenvalue weighted by Crippen LogP contribution is -2.37. The molecule has 3 heteroatoms. The van der Waals surface area contributed by atoms with Crippen molar-refractivity contribution >= 4 is 11.6 Å². The average Bonchev–Trinajstić information content (AvgIpc) is 2.27. The lowest BCUT2D eigenvalue weighted by atomic mass is 9.73. The van der Waals surface area contributed by atoms with E-state index in [0.29, 0.717) is 12.5 Å². The summed E-state index contributed by atoms with van der Waals surface area (Å²) in [7, 11) is 1.67. The van der Waals surface area contributed by atoms with Crippen LogP contribution in [0.3, 0.4) is 0 Å². The van der Waals surface area contributed by atoms with Crippen LogP contribution in [0.5, 0.6) is 5.75 Å². The first kappa shape index (κ1) is 13.3. The van der Waals surface area contributed by atoms with Gasteiger partial charge in [0, 0.05) is 22.5 Å². The highest BCUT2D eigenvalue weighted by Crippen LogP contribution is 2.38. The molecule has 0 aliphatic heterocycles. The van der Waals surface area contributed by atoms with Crippen molar-refractivity contribution in [2.45, 2.75) is 26.2 Å². The van der Waals surface area contributed by atoms with Crippen LogP contribution >= 0.6 is 11.6 Å². The average molecular weight is 242 g/mol. The minimum Gasteiger partial charge on any atom is -0.496 e. The molecule has 0 fully saturated rings. The minimum atomic E-state index is -0.115. The second kappa shape index (κ2) is 5.07. The van der Waals surface area contributed by atoms with Gasteiger partial charge in [-0.1, -0.05) is 32.4 Å². The summed E-state index contributed by atoms with van der Waals surface area (Å²) in [6.07, 6.45) is 0. The molecule has 0 aliphatic rings. The third kappa shape index (κ3) is 2.33. The third-order valence-electron chi connectivity index (χ3n) is 3.48. The van der Waals surface area contributed by atoms with Crippen LogP contribution in [0.15, 0.2) is 18.2 Å². The normalized spacial score (nSPS) is 14.9. The van der Waals surface area contributed by atoms with Crippen LogP contribution in [0.4, 0.5) is 0 Å². The van der Waals surface area contributed by atoms with Gasteiger partial charge in [-0.3, -0.25) is 0 Å². The second-order valence-electron chi connectivity index (χ2n) is 4.62. The Balaban J connectivity index is 3.33. The van der Waals surface area contributed by atoms with E-state index >= 15 is 0 Å². The van der Waals surface area contributed by atoms with Crippen LogP contribution in [0.1, 0.15) is 26.3 Å². The second-order valence-corrected chi connectivity index (χ2v) is 5.06. The van der Waals surface area contributed by atoms with Gasteiger partial charge in [-0.15, -0.1) is 0 Å². The number of rotatable bonds is 4. The van der Waals surface area contributed by atoms with Gasteiger partial charge in [-0.05, 0) is 24.1 Å². The molecule has 0 radical (unpaired) electrons. The monoisotopic (exact) mass is 241 g/mol. The van der Waals surface area contributed by atoms with Gasteiger partial charge in [0.2, 0.25) is 0 Å². The largest absolute Gasteiger partial charge is 0.496 e. The van der Waals surface area contributed by atoms with E-state index in [0.717, 1.165) is 16.3 Å². The van der Waals surface area contributed by atoms with Gasteiger partial charge in [-0.25, -0.2) is 0 Å². The Morgan fingerprint density at radius 1 is 1.44 bits per heavy atom. The molecule has 16 heavy (non-hydrogen) atoms. The fourth-order valence-electron chi connectivity index (χ4n) is 1.78. The summed E-state index contributed by atoms with van der Waals surface area (Å²) in [5.41, 5.74) is 6.88. The van der Waals surface area contributed by atoms with Crippen molar-refractivity contribution in [3.63, 3.8) is 0 Å². The van der Waals surface area contributed by atoms with Crippen molar-refractivity contribution in [1.29, 1.82) is 0 Å². The Morgan fingerprint density at radius 3 is 2.50 bits per heavy atom. The van der Waals surface area contributed by atoms with E-state index in [9.17, 15) is 0 Å². The fourth-order valence-corrected chi connectivity index (χ4v) is 1.96. The molecule has 0 aliphatic carbocycles. The van der Waals surface area contributed by atoms with Gasteiger partial charge >= 0.3 is 0 Å². The maximum atomic E-state index is 6.05. The molecule has 0 amide bonds. The van der Waals surface area contributed by atoms with Crippen molar-refractivity contribution in [2.24, 2.45) is 11.7 Å². The number of benzene rings is 1. The van der Waals surface area contributed by atoms with Crippen LogP contribution in [-0.4, -0.2) is 13.7 Å². The van der Waals surface area contributed by atoms with Gasteiger partial charge in [0.1, 0.15) is 5.75 Å². The predicted octanol–water partition coefficient (Wildman–Crippen LogP) is 3.22. The molecule has 90 valence electrons. The van der Waals surface area contributed by atoms with Crippen molar-refractivity contribution in [3.05, 3.63) is 28.8 Å². The molecule has 0 aromatic heterocycles. The predicted molar refractivity (Wildman–Crippen MR) is 69.2 cm³/mol. The summed E-state index contributed by atoms with van der Waals surface area (Å²) in [5.74, 6) is 1.27. The molecular formula is C13H20ClNO. The lowest BCUT2D eigenvalue weighted by molar-refractivity contribution is 0.324. The van der Waals surface area contributed by atoms with Crippen molar-refractivity contribution in [1.82, 2.24) is 0 Å². The molecule has 1 unspecified atom stereocenters. The van der Waals surface area contributed by atoms with Gasteiger partial charge in [0.15, 0.2) is 0 Å². The first-order valence-electron chi connectivity index (χ1n) is 5.49. The molecule has 0 bridgehead atoms. The highest BCUT2D eigenvalue weighted by atomic mass is 35.5. The highest BCUT2D eigenvalue weighted by molar-refractivity contribution is 6.30. The number of halogens is 1. The summed E-state index contributed by atoms with van der Waals surface area (Å²) in [5, 5.41) is 0.719. The molecule has 0 saturated heterocycles. The summed E-state index contributed by atoms with van der Waals surface area (Å²) in [4.78, 5) is 0. The minimum absolute atomic E-state index is 0.115. The van der Waals surface area contributed by atoms with Crippen molar-refractivity contribution in [2.75, 3.05) is 13.7 Å². The maximum absolute atomic E-state index is 6.05. The zero-order valence-corrected chi connectivity index (χ0v) is 11.1. The summed E-state index contributed by atoms with van der Waals surface area (Å²) in [6, 6.07) is 5.68. The van der Waals surface area contributed by atoms with Crippen LogP contribution in [0.25, 0.3) is 0 Å². The number of ether oxygens (including phenoxy) is 1. The van der Waals surface area contributed by atoms with Gasteiger partial charge in [0.25, 0.3) is 0 Å². The summed E-state index contributed by atoms with van der Waals surface area (Å²) < 4.78 is 5.38. The number of hydrogen-bond donors (Lipinski definition) is 1. The van der Waals surface area contributed by atoms with Crippen LogP contribution in [0, 0.1) is 5.92 Å². The zero-order chi connectivity index (χ0) is 12.3.